The first-order valence-electron chi connectivity index (χ1n) is 9.20. The van der Waals surface area contributed by atoms with Gasteiger partial charge in [-0.1, -0.05) is 38.5 Å². The van der Waals surface area contributed by atoms with Gasteiger partial charge in [-0.25, -0.2) is 0 Å². The largest absolute Gasteiger partial charge is 0.355 e. The lowest BCUT2D eigenvalue weighted by Gasteiger charge is -2.39. The van der Waals surface area contributed by atoms with Crippen molar-refractivity contribution >= 4 is 5.91 Å². The second-order valence-corrected chi connectivity index (χ2v) is 7.94. The first kappa shape index (κ1) is 15.3. The van der Waals surface area contributed by atoms with Crippen LogP contribution in [0.4, 0.5) is 0 Å². The van der Waals surface area contributed by atoms with Crippen molar-refractivity contribution in [2.75, 3.05) is 13.1 Å². The van der Waals surface area contributed by atoms with E-state index in [4.69, 9.17) is 5.73 Å². The molecule has 0 spiro atoms. The third kappa shape index (κ3) is 3.44. The van der Waals surface area contributed by atoms with Gasteiger partial charge in [0.25, 0.3) is 0 Å². The Bertz CT molecular complexity index is 362. The van der Waals surface area contributed by atoms with Crippen molar-refractivity contribution in [3.05, 3.63) is 0 Å². The smallest absolute Gasteiger partial charge is 0.223 e. The Balaban J connectivity index is 1.49. The van der Waals surface area contributed by atoms with Crippen LogP contribution in [0.15, 0.2) is 0 Å². The summed E-state index contributed by atoms with van der Waals surface area (Å²) >= 11 is 0. The number of fused-ring (bicyclic) bond motifs is 1. The second kappa shape index (κ2) is 6.68. The molecule has 0 aliphatic heterocycles. The molecule has 3 N–H and O–H groups in total. The fraction of sp³-hybridized carbons (Fsp3) is 0.944. The van der Waals surface area contributed by atoms with Crippen LogP contribution in [0.2, 0.25) is 0 Å². The van der Waals surface area contributed by atoms with Crippen molar-refractivity contribution in [2.45, 2.75) is 70.6 Å². The molecule has 120 valence electrons. The van der Waals surface area contributed by atoms with Crippen molar-refractivity contribution in [2.24, 2.45) is 28.9 Å². The van der Waals surface area contributed by atoms with Crippen LogP contribution in [0, 0.1) is 23.2 Å². The summed E-state index contributed by atoms with van der Waals surface area (Å²) in [5.41, 5.74) is 6.18. The molecule has 3 heteroatoms. The van der Waals surface area contributed by atoms with Gasteiger partial charge in [0, 0.05) is 12.5 Å². The van der Waals surface area contributed by atoms with Crippen molar-refractivity contribution in [3.8, 4) is 0 Å². The third-order valence-electron chi connectivity index (χ3n) is 6.65. The molecular weight excluding hydrogens is 260 g/mol. The quantitative estimate of drug-likeness (QED) is 0.836. The van der Waals surface area contributed by atoms with Gasteiger partial charge < -0.3 is 11.1 Å². The molecule has 3 aliphatic carbocycles. The molecule has 0 bridgehead atoms. The van der Waals surface area contributed by atoms with Gasteiger partial charge in [-0.3, -0.25) is 4.79 Å². The van der Waals surface area contributed by atoms with E-state index in [-0.39, 0.29) is 11.3 Å². The van der Waals surface area contributed by atoms with Gasteiger partial charge in [-0.15, -0.1) is 0 Å². The first-order chi connectivity index (χ1) is 10.2. The molecule has 3 nitrogen and oxygen atoms in total. The maximum absolute atomic E-state index is 12.5. The highest BCUT2D eigenvalue weighted by atomic mass is 16.1. The summed E-state index contributed by atoms with van der Waals surface area (Å²) in [5, 5.41) is 3.26. The van der Waals surface area contributed by atoms with Crippen molar-refractivity contribution in [1.82, 2.24) is 5.32 Å². The number of carbonyl (C=O) groups is 1. The maximum atomic E-state index is 12.5. The zero-order valence-electron chi connectivity index (χ0n) is 13.4. The van der Waals surface area contributed by atoms with E-state index in [0.29, 0.717) is 5.91 Å². The summed E-state index contributed by atoms with van der Waals surface area (Å²) in [6.07, 6.45) is 14.1. The summed E-state index contributed by atoms with van der Waals surface area (Å²) in [6.45, 7) is 1.54. The predicted octanol–water partition coefficient (Wildman–Crippen LogP) is 3.23. The highest BCUT2D eigenvalue weighted by Gasteiger charge is 2.37. The van der Waals surface area contributed by atoms with Gasteiger partial charge in [0.2, 0.25) is 5.91 Å². The van der Waals surface area contributed by atoms with Crippen LogP contribution in [-0.2, 0) is 4.79 Å². The molecule has 3 saturated carbocycles. The number of carbonyl (C=O) groups excluding carboxylic acids is 1. The van der Waals surface area contributed by atoms with Crippen LogP contribution >= 0.6 is 0 Å². The molecule has 0 aromatic heterocycles. The molecule has 3 atom stereocenters. The SMILES string of the molecule is NCC1(CNC(=O)C2CCC3CCCCC3C2)CCCC1. The van der Waals surface area contributed by atoms with E-state index in [1.165, 1.54) is 57.8 Å². The molecule has 3 aliphatic rings. The van der Waals surface area contributed by atoms with Gasteiger partial charge in [-0.05, 0) is 55.9 Å². The van der Waals surface area contributed by atoms with Gasteiger partial charge in [-0.2, -0.15) is 0 Å². The monoisotopic (exact) mass is 292 g/mol. The average Bonchev–Trinajstić information content (AvgIpc) is 3.01. The van der Waals surface area contributed by atoms with E-state index in [1.54, 1.807) is 0 Å². The van der Waals surface area contributed by atoms with Gasteiger partial charge in [0.1, 0.15) is 0 Å². The van der Waals surface area contributed by atoms with Gasteiger partial charge in [0.15, 0.2) is 0 Å². The average molecular weight is 292 g/mol. The summed E-state index contributed by atoms with van der Waals surface area (Å²) in [6, 6.07) is 0. The Labute approximate surface area is 129 Å². The zero-order valence-corrected chi connectivity index (χ0v) is 13.4. The zero-order chi connectivity index (χ0) is 14.7. The number of hydrogen-bond donors (Lipinski definition) is 2. The molecule has 0 radical (unpaired) electrons. The summed E-state index contributed by atoms with van der Waals surface area (Å²) < 4.78 is 0. The van der Waals surface area contributed by atoms with Crippen molar-refractivity contribution in [3.63, 3.8) is 0 Å². The molecule has 21 heavy (non-hydrogen) atoms. The van der Waals surface area contributed by atoms with Crippen LogP contribution in [0.1, 0.15) is 70.6 Å². The molecule has 0 heterocycles. The predicted molar refractivity (Wildman–Crippen MR) is 85.8 cm³/mol. The topological polar surface area (TPSA) is 55.1 Å². The van der Waals surface area contributed by atoms with Crippen molar-refractivity contribution in [1.29, 1.82) is 0 Å². The number of amides is 1. The Kier molecular flexibility index (Phi) is 4.88. The second-order valence-electron chi connectivity index (χ2n) is 7.94. The lowest BCUT2D eigenvalue weighted by molar-refractivity contribution is -0.127. The normalized spacial score (nSPS) is 35.2. The molecule has 0 aromatic carbocycles. The standard InChI is InChI=1S/C18H32N2O/c19-12-18(9-3-4-10-18)13-20-17(21)16-8-7-14-5-1-2-6-15(14)11-16/h14-16H,1-13,19H2,(H,20,21). The lowest BCUT2D eigenvalue weighted by atomic mass is 9.67. The Hall–Kier alpha value is -0.570. The molecule has 3 unspecified atom stereocenters. The van der Waals surface area contributed by atoms with Gasteiger partial charge >= 0.3 is 0 Å². The van der Waals surface area contributed by atoms with Crippen LogP contribution in [0.25, 0.3) is 0 Å². The van der Waals surface area contributed by atoms with E-state index in [1.807, 2.05) is 0 Å². The minimum absolute atomic E-state index is 0.206. The van der Waals surface area contributed by atoms with Crippen molar-refractivity contribution < 1.29 is 4.79 Å². The molecule has 3 fully saturated rings. The minimum Gasteiger partial charge on any atom is -0.355 e. The molecule has 3 rings (SSSR count). The third-order valence-corrected chi connectivity index (χ3v) is 6.65. The highest BCUT2D eigenvalue weighted by Crippen LogP contribution is 2.43. The summed E-state index contributed by atoms with van der Waals surface area (Å²) in [5.74, 6) is 2.35. The molecule has 0 saturated heterocycles. The fourth-order valence-electron chi connectivity index (χ4n) is 5.11. The maximum Gasteiger partial charge on any atom is 0.223 e. The fourth-order valence-corrected chi connectivity index (χ4v) is 5.11. The summed E-state index contributed by atoms with van der Waals surface area (Å²) in [4.78, 5) is 12.5. The molecular formula is C18H32N2O. The number of hydrogen-bond acceptors (Lipinski definition) is 2. The molecule has 0 aromatic rings. The lowest BCUT2D eigenvalue weighted by Crippen LogP contribution is -2.44. The Morgan fingerprint density at radius 3 is 2.43 bits per heavy atom. The molecule has 1 amide bonds. The number of nitrogens with one attached hydrogen (secondary N) is 1. The minimum atomic E-state index is 0.206. The van der Waals surface area contributed by atoms with E-state index in [2.05, 4.69) is 5.32 Å². The number of rotatable bonds is 4. The Morgan fingerprint density at radius 1 is 1.00 bits per heavy atom. The first-order valence-corrected chi connectivity index (χ1v) is 9.20. The van der Waals surface area contributed by atoms with Crippen LogP contribution in [-0.4, -0.2) is 19.0 Å². The number of nitrogens with two attached hydrogens (primary N) is 1. The van der Waals surface area contributed by atoms with E-state index in [9.17, 15) is 4.79 Å². The van der Waals surface area contributed by atoms with Crippen LogP contribution in [0.3, 0.4) is 0 Å². The van der Waals surface area contributed by atoms with Crippen LogP contribution in [0.5, 0.6) is 0 Å². The highest BCUT2D eigenvalue weighted by molar-refractivity contribution is 5.78. The van der Waals surface area contributed by atoms with Crippen LogP contribution < -0.4 is 11.1 Å². The Morgan fingerprint density at radius 2 is 1.71 bits per heavy atom. The van der Waals surface area contributed by atoms with E-state index < -0.39 is 0 Å². The van der Waals surface area contributed by atoms with Gasteiger partial charge in [0.05, 0.1) is 0 Å². The van der Waals surface area contributed by atoms with E-state index in [0.717, 1.165) is 37.8 Å². The van der Waals surface area contributed by atoms with E-state index >= 15 is 0 Å². The summed E-state index contributed by atoms with van der Waals surface area (Å²) in [7, 11) is 0.